The molecule has 0 saturated carbocycles. The van der Waals surface area contributed by atoms with Crippen molar-refractivity contribution in [1.29, 1.82) is 0 Å². The van der Waals surface area contributed by atoms with Crippen molar-refractivity contribution in [3.05, 3.63) is 0 Å². The van der Waals surface area contributed by atoms with Gasteiger partial charge in [0.1, 0.15) is 6.10 Å². The van der Waals surface area contributed by atoms with Crippen molar-refractivity contribution < 1.29 is 24.4 Å². The normalized spacial score (nSPS) is 13.5. The lowest BCUT2D eigenvalue weighted by Crippen LogP contribution is -2.27. The SMILES string of the molecule is CCOC(COCC(O)CO)OCC. The number of hydrogen-bond donors (Lipinski definition) is 2. The van der Waals surface area contributed by atoms with E-state index in [2.05, 4.69) is 0 Å². The van der Waals surface area contributed by atoms with E-state index in [9.17, 15) is 0 Å². The Morgan fingerprint density at radius 2 is 1.64 bits per heavy atom. The third kappa shape index (κ3) is 7.23. The zero-order chi connectivity index (χ0) is 10.8. The number of rotatable bonds is 9. The zero-order valence-corrected chi connectivity index (χ0v) is 8.81. The first-order valence-corrected chi connectivity index (χ1v) is 4.84. The van der Waals surface area contributed by atoms with Crippen LogP contribution >= 0.6 is 0 Å². The molecule has 0 aromatic carbocycles. The Morgan fingerprint density at radius 3 is 2.07 bits per heavy atom. The summed E-state index contributed by atoms with van der Waals surface area (Å²) in [6, 6.07) is 0. The van der Waals surface area contributed by atoms with Gasteiger partial charge in [-0.1, -0.05) is 0 Å². The third-order valence-electron chi connectivity index (χ3n) is 1.48. The van der Waals surface area contributed by atoms with Gasteiger partial charge >= 0.3 is 0 Å². The Bertz CT molecular complexity index is 114. The van der Waals surface area contributed by atoms with E-state index in [-0.39, 0.29) is 19.8 Å². The second kappa shape index (κ2) is 9.36. The molecular formula is C9H20O5. The van der Waals surface area contributed by atoms with Crippen LogP contribution in [0.2, 0.25) is 0 Å². The number of aliphatic hydroxyl groups is 2. The van der Waals surface area contributed by atoms with Crippen LogP contribution in [0.25, 0.3) is 0 Å². The van der Waals surface area contributed by atoms with Crippen LogP contribution in [0.1, 0.15) is 13.8 Å². The molecule has 0 aliphatic rings. The number of aliphatic hydroxyl groups excluding tert-OH is 2. The lowest BCUT2D eigenvalue weighted by molar-refractivity contribution is -0.172. The highest BCUT2D eigenvalue weighted by molar-refractivity contribution is 4.50. The van der Waals surface area contributed by atoms with Crippen molar-refractivity contribution in [2.24, 2.45) is 0 Å². The zero-order valence-electron chi connectivity index (χ0n) is 8.81. The Kier molecular flexibility index (Phi) is 9.23. The van der Waals surface area contributed by atoms with Crippen molar-refractivity contribution in [3.63, 3.8) is 0 Å². The van der Waals surface area contributed by atoms with Crippen LogP contribution < -0.4 is 0 Å². The smallest absolute Gasteiger partial charge is 0.180 e. The van der Waals surface area contributed by atoms with Crippen LogP contribution in [0, 0.1) is 0 Å². The molecule has 0 aliphatic carbocycles. The summed E-state index contributed by atoms with van der Waals surface area (Å²) in [5, 5.41) is 17.5. The fourth-order valence-electron chi connectivity index (χ4n) is 0.869. The summed E-state index contributed by atoms with van der Waals surface area (Å²) in [5.74, 6) is 0. The summed E-state index contributed by atoms with van der Waals surface area (Å²) in [4.78, 5) is 0. The maximum atomic E-state index is 8.97. The van der Waals surface area contributed by atoms with Crippen LogP contribution in [0.5, 0.6) is 0 Å². The molecule has 0 rings (SSSR count). The molecule has 1 unspecified atom stereocenters. The Hall–Kier alpha value is -0.200. The van der Waals surface area contributed by atoms with Gasteiger partial charge in [-0.15, -0.1) is 0 Å². The molecular weight excluding hydrogens is 188 g/mol. The van der Waals surface area contributed by atoms with Gasteiger partial charge in [0.2, 0.25) is 0 Å². The average molecular weight is 208 g/mol. The lowest BCUT2D eigenvalue weighted by Gasteiger charge is -2.17. The highest BCUT2D eigenvalue weighted by Gasteiger charge is 2.09. The summed E-state index contributed by atoms with van der Waals surface area (Å²) in [7, 11) is 0. The van der Waals surface area contributed by atoms with E-state index in [0.29, 0.717) is 13.2 Å². The maximum absolute atomic E-state index is 8.97. The molecule has 0 heterocycles. The van der Waals surface area contributed by atoms with Crippen molar-refractivity contribution in [2.45, 2.75) is 26.2 Å². The molecule has 0 bridgehead atoms. The van der Waals surface area contributed by atoms with Gasteiger partial charge in [-0.05, 0) is 13.8 Å². The van der Waals surface area contributed by atoms with Crippen LogP contribution in [-0.4, -0.2) is 55.6 Å². The molecule has 1 atom stereocenters. The molecule has 0 spiro atoms. The average Bonchev–Trinajstić information content (AvgIpc) is 2.18. The molecule has 0 aromatic heterocycles. The largest absolute Gasteiger partial charge is 0.394 e. The monoisotopic (exact) mass is 208 g/mol. The minimum Gasteiger partial charge on any atom is -0.394 e. The molecule has 5 heteroatoms. The first-order valence-electron chi connectivity index (χ1n) is 4.84. The highest BCUT2D eigenvalue weighted by Crippen LogP contribution is 1.96. The van der Waals surface area contributed by atoms with Gasteiger partial charge in [0.25, 0.3) is 0 Å². The molecule has 5 nitrogen and oxygen atoms in total. The molecule has 86 valence electrons. The summed E-state index contributed by atoms with van der Waals surface area (Å²) >= 11 is 0. The predicted molar refractivity (Wildman–Crippen MR) is 51.0 cm³/mol. The predicted octanol–water partition coefficient (Wildman–Crippen LogP) is -0.245. The third-order valence-corrected chi connectivity index (χ3v) is 1.48. The quantitative estimate of drug-likeness (QED) is 0.512. The summed E-state index contributed by atoms with van der Waals surface area (Å²) in [5.41, 5.74) is 0. The van der Waals surface area contributed by atoms with Crippen molar-refractivity contribution in [3.8, 4) is 0 Å². The maximum Gasteiger partial charge on any atom is 0.180 e. The topological polar surface area (TPSA) is 68.2 Å². The second-order valence-corrected chi connectivity index (χ2v) is 2.71. The summed E-state index contributed by atoms with van der Waals surface area (Å²) in [6.45, 7) is 4.90. The van der Waals surface area contributed by atoms with Gasteiger partial charge in [-0.3, -0.25) is 0 Å². The van der Waals surface area contributed by atoms with Gasteiger partial charge in [-0.2, -0.15) is 0 Å². The van der Waals surface area contributed by atoms with Crippen molar-refractivity contribution >= 4 is 0 Å². The fraction of sp³-hybridized carbons (Fsp3) is 1.00. The van der Waals surface area contributed by atoms with Gasteiger partial charge in [0.15, 0.2) is 6.29 Å². The molecule has 0 amide bonds. The van der Waals surface area contributed by atoms with E-state index >= 15 is 0 Å². The van der Waals surface area contributed by atoms with Gasteiger partial charge < -0.3 is 24.4 Å². The molecule has 0 aliphatic heterocycles. The van der Waals surface area contributed by atoms with E-state index in [0.717, 1.165) is 0 Å². The molecule has 0 fully saturated rings. The van der Waals surface area contributed by atoms with E-state index in [1.807, 2.05) is 13.8 Å². The summed E-state index contributed by atoms with van der Waals surface area (Å²) < 4.78 is 15.5. The molecule has 0 saturated heterocycles. The van der Waals surface area contributed by atoms with Crippen LogP contribution in [0.4, 0.5) is 0 Å². The highest BCUT2D eigenvalue weighted by atomic mass is 16.7. The fourth-order valence-corrected chi connectivity index (χ4v) is 0.869. The molecule has 2 N–H and O–H groups in total. The number of ether oxygens (including phenoxy) is 3. The van der Waals surface area contributed by atoms with Gasteiger partial charge in [0.05, 0.1) is 19.8 Å². The van der Waals surface area contributed by atoms with Gasteiger partial charge in [-0.25, -0.2) is 0 Å². The van der Waals surface area contributed by atoms with Crippen molar-refractivity contribution in [1.82, 2.24) is 0 Å². The van der Waals surface area contributed by atoms with Crippen LogP contribution in [0.3, 0.4) is 0 Å². The minimum absolute atomic E-state index is 0.0904. The standard InChI is InChI=1S/C9H20O5/c1-3-13-9(14-4-2)7-12-6-8(11)5-10/h8-11H,3-7H2,1-2H3. The minimum atomic E-state index is -0.834. The molecule has 0 aromatic rings. The van der Waals surface area contributed by atoms with E-state index < -0.39 is 12.4 Å². The van der Waals surface area contributed by atoms with E-state index in [4.69, 9.17) is 24.4 Å². The Balaban J connectivity index is 3.49. The van der Waals surface area contributed by atoms with E-state index in [1.165, 1.54) is 0 Å². The van der Waals surface area contributed by atoms with Crippen LogP contribution in [-0.2, 0) is 14.2 Å². The Labute approximate surface area is 84.6 Å². The number of hydrogen-bond acceptors (Lipinski definition) is 5. The molecule has 14 heavy (non-hydrogen) atoms. The summed E-state index contributed by atoms with van der Waals surface area (Å²) in [6.07, 6.45) is -1.23. The first-order chi connectivity index (χ1) is 6.74. The molecule has 0 radical (unpaired) electrons. The Morgan fingerprint density at radius 1 is 1.07 bits per heavy atom. The first kappa shape index (κ1) is 13.8. The van der Waals surface area contributed by atoms with Gasteiger partial charge in [0, 0.05) is 13.2 Å². The van der Waals surface area contributed by atoms with Crippen molar-refractivity contribution in [2.75, 3.05) is 33.0 Å². The lowest BCUT2D eigenvalue weighted by atomic mass is 10.4. The van der Waals surface area contributed by atoms with E-state index in [1.54, 1.807) is 0 Å². The second-order valence-electron chi connectivity index (χ2n) is 2.71. The van der Waals surface area contributed by atoms with Crippen LogP contribution in [0.15, 0.2) is 0 Å².